The molecule has 0 radical (unpaired) electrons. The van der Waals surface area contributed by atoms with Crippen LogP contribution in [0.2, 0.25) is 0 Å². The Morgan fingerprint density at radius 3 is 2.71 bits per heavy atom. The first-order chi connectivity index (χ1) is 6.59. The Labute approximate surface area is 98.8 Å². The molecule has 0 amide bonds. The predicted molar refractivity (Wildman–Crippen MR) is 68.8 cm³/mol. The van der Waals surface area contributed by atoms with E-state index in [1.807, 2.05) is 5.38 Å². The van der Waals surface area contributed by atoms with Gasteiger partial charge in [-0.2, -0.15) is 0 Å². The van der Waals surface area contributed by atoms with Gasteiger partial charge in [-0.05, 0) is 34.1 Å². The first-order valence-corrected chi connectivity index (χ1v) is 5.87. The van der Waals surface area contributed by atoms with Crippen LogP contribution in [0.3, 0.4) is 0 Å². The molecular formula is C8H7BINO2S. The lowest BCUT2D eigenvalue weighted by Gasteiger charge is -2.02. The summed E-state index contributed by atoms with van der Waals surface area (Å²) < 4.78 is 2.08. The first kappa shape index (κ1) is 10.2. The molecule has 14 heavy (non-hydrogen) atoms. The van der Waals surface area contributed by atoms with Crippen molar-refractivity contribution in [3.05, 3.63) is 21.1 Å². The molecule has 0 aliphatic rings. The van der Waals surface area contributed by atoms with Gasteiger partial charge in [-0.25, -0.2) is 0 Å². The molecule has 2 aromatic rings. The van der Waals surface area contributed by atoms with Crippen molar-refractivity contribution in [1.82, 2.24) is 0 Å². The fourth-order valence-electron chi connectivity index (χ4n) is 1.28. The number of fused-ring (bicyclic) bond motifs is 1. The maximum atomic E-state index is 9.05. The molecular weight excluding hydrogens is 312 g/mol. The molecule has 0 aliphatic heterocycles. The van der Waals surface area contributed by atoms with Crippen LogP contribution in [-0.2, 0) is 0 Å². The maximum absolute atomic E-state index is 9.05. The summed E-state index contributed by atoms with van der Waals surface area (Å²) in [4.78, 5) is 0. The van der Waals surface area contributed by atoms with Crippen LogP contribution < -0.4 is 11.2 Å². The molecule has 0 aliphatic carbocycles. The quantitative estimate of drug-likeness (QED) is 0.537. The Kier molecular flexibility index (Phi) is 2.69. The minimum absolute atomic E-state index is 0.479. The third-order valence-electron chi connectivity index (χ3n) is 1.98. The lowest BCUT2D eigenvalue weighted by Crippen LogP contribution is -2.29. The van der Waals surface area contributed by atoms with Gasteiger partial charge in [-0.3, -0.25) is 0 Å². The molecule has 1 aromatic carbocycles. The Bertz CT molecular complexity index is 485. The molecule has 4 N–H and O–H groups in total. The van der Waals surface area contributed by atoms with Crippen LogP contribution in [-0.4, -0.2) is 17.2 Å². The van der Waals surface area contributed by atoms with Crippen molar-refractivity contribution < 1.29 is 10.0 Å². The zero-order valence-electron chi connectivity index (χ0n) is 7.07. The van der Waals surface area contributed by atoms with Gasteiger partial charge in [0.05, 0.1) is 5.69 Å². The number of halogens is 1. The molecule has 2 rings (SSSR count). The first-order valence-electron chi connectivity index (χ1n) is 3.92. The lowest BCUT2D eigenvalue weighted by atomic mass is 9.80. The van der Waals surface area contributed by atoms with Crippen molar-refractivity contribution in [2.45, 2.75) is 0 Å². The third kappa shape index (κ3) is 1.62. The van der Waals surface area contributed by atoms with Crippen molar-refractivity contribution in [2.75, 3.05) is 5.73 Å². The highest BCUT2D eigenvalue weighted by Crippen LogP contribution is 2.30. The van der Waals surface area contributed by atoms with Gasteiger partial charge in [-0.1, -0.05) is 6.07 Å². The van der Waals surface area contributed by atoms with E-state index in [-0.39, 0.29) is 0 Å². The Balaban J connectivity index is 2.75. The van der Waals surface area contributed by atoms with E-state index in [4.69, 9.17) is 15.8 Å². The van der Waals surface area contributed by atoms with Crippen LogP contribution in [0.15, 0.2) is 17.5 Å². The van der Waals surface area contributed by atoms with E-state index in [1.165, 1.54) is 0 Å². The average molecular weight is 319 g/mol. The van der Waals surface area contributed by atoms with Gasteiger partial charge in [0.15, 0.2) is 0 Å². The van der Waals surface area contributed by atoms with Gasteiger partial charge in [0, 0.05) is 19.0 Å². The molecule has 0 bridgehead atoms. The SMILES string of the molecule is Nc1csc2c(I)cc(B(O)O)cc12. The molecule has 6 heteroatoms. The minimum Gasteiger partial charge on any atom is -0.423 e. The number of anilines is 1. The monoisotopic (exact) mass is 319 g/mol. The van der Waals surface area contributed by atoms with Crippen molar-refractivity contribution in [2.24, 2.45) is 0 Å². The van der Waals surface area contributed by atoms with Gasteiger partial charge < -0.3 is 15.8 Å². The summed E-state index contributed by atoms with van der Waals surface area (Å²) in [7, 11) is -1.44. The molecule has 0 atom stereocenters. The van der Waals surface area contributed by atoms with E-state index in [9.17, 15) is 0 Å². The van der Waals surface area contributed by atoms with Gasteiger partial charge >= 0.3 is 7.12 Å². The summed E-state index contributed by atoms with van der Waals surface area (Å²) >= 11 is 3.73. The van der Waals surface area contributed by atoms with Gasteiger partial charge in [-0.15, -0.1) is 11.3 Å². The van der Waals surface area contributed by atoms with Crippen molar-refractivity contribution in [3.8, 4) is 0 Å². The number of rotatable bonds is 1. The van der Waals surface area contributed by atoms with E-state index in [0.717, 1.165) is 13.7 Å². The highest BCUT2D eigenvalue weighted by atomic mass is 127. The van der Waals surface area contributed by atoms with E-state index in [2.05, 4.69) is 22.6 Å². The summed E-state index contributed by atoms with van der Waals surface area (Å²) in [6, 6.07) is 3.47. The van der Waals surface area contributed by atoms with Crippen LogP contribution in [0.1, 0.15) is 0 Å². The second-order valence-electron chi connectivity index (χ2n) is 2.94. The van der Waals surface area contributed by atoms with Crippen LogP contribution in [0.4, 0.5) is 5.69 Å². The summed E-state index contributed by atoms with van der Waals surface area (Å²) in [6.45, 7) is 0. The van der Waals surface area contributed by atoms with Crippen LogP contribution in [0.25, 0.3) is 10.1 Å². The summed E-state index contributed by atoms with van der Waals surface area (Å²) in [5, 5.41) is 20.9. The molecule has 1 aromatic heterocycles. The standard InChI is InChI=1S/C8H7BINO2S/c10-6-2-4(9(12)13)1-5-7(11)3-14-8(5)6/h1-3,12-13H,11H2. The molecule has 3 nitrogen and oxygen atoms in total. The second-order valence-corrected chi connectivity index (χ2v) is 4.99. The predicted octanol–water partition coefficient (Wildman–Crippen LogP) is 0.768. The topological polar surface area (TPSA) is 66.5 Å². The zero-order valence-corrected chi connectivity index (χ0v) is 10.0. The number of nitrogen functional groups attached to an aromatic ring is 1. The highest BCUT2D eigenvalue weighted by Gasteiger charge is 2.14. The average Bonchev–Trinajstić information content (AvgIpc) is 2.48. The molecule has 72 valence electrons. The zero-order chi connectivity index (χ0) is 10.3. The number of hydrogen-bond donors (Lipinski definition) is 3. The van der Waals surface area contributed by atoms with Gasteiger partial charge in [0.1, 0.15) is 0 Å². The smallest absolute Gasteiger partial charge is 0.423 e. The third-order valence-corrected chi connectivity index (χ3v) is 4.24. The molecule has 0 saturated carbocycles. The molecule has 0 saturated heterocycles. The van der Waals surface area contributed by atoms with Crippen molar-refractivity contribution in [1.29, 1.82) is 0 Å². The number of nitrogens with two attached hydrogens (primary N) is 1. The van der Waals surface area contributed by atoms with Crippen LogP contribution in [0.5, 0.6) is 0 Å². The summed E-state index contributed by atoms with van der Waals surface area (Å²) in [5.41, 5.74) is 6.92. The Morgan fingerprint density at radius 1 is 1.36 bits per heavy atom. The normalized spacial score (nSPS) is 10.8. The molecule has 0 spiro atoms. The van der Waals surface area contributed by atoms with Crippen LogP contribution in [0, 0.1) is 3.57 Å². The molecule has 0 unspecified atom stereocenters. The largest absolute Gasteiger partial charge is 0.488 e. The van der Waals surface area contributed by atoms with Crippen LogP contribution >= 0.6 is 33.9 Å². The lowest BCUT2D eigenvalue weighted by molar-refractivity contribution is 0.426. The molecule has 1 heterocycles. The summed E-state index contributed by atoms with van der Waals surface area (Å²) in [5.74, 6) is 0. The number of thiophene rings is 1. The number of hydrogen-bond acceptors (Lipinski definition) is 4. The van der Waals surface area contributed by atoms with E-state index in [0.29, 0.717) is 11.2 Å². The van der Waals surface area contributed by atoms with Gasteiger partial charge in [0.2, 0.25) is 0 Å². The Hall–Kier alpha value is -0.305. The van der Waals surface area contributed by atoms with Crippen molar-refractivity contribution in [3.63, 3.8) is 0 Å². The number of benzene rings is 1. The van der Waals surface area contributed by atoms with E-state index >= 15 is 0 Å². The van der Waals surface area contributed by atoms with Gasteiger partial charge in [0.25, 0.3) is 0 Å². The van der Waals surface area contributed by atoms with E-state index in [1.54, 1.807) is 23.5 Å². The highest BCUT2D eigenvalue weighted by molar-refractivity contribution is 14.1. The fraction of sp³-hybridized carbons (Fsp3) is 0. The maximum Gasteiger partial charge on any atom is 0.488 e. The molecule has 0 fully saturated rings. The second kappa shape index (κ2) is 3.69. The minimum atomic E-state index is -1.44. The fourth-order valence-corrected chi connectivity index (χ4v) is 3.16. The van der Waals surface area contributed by atoms with E-state index < -0.39 is 7.12 Å². The Morgan fingerprint density at radius 2 is 2.07 bits per heavy atom. The summed E-state index contributed by atoms with van der Waals surface area (Å²) in [6.07, 6.45) is 0. The van der Waals surface area contributed by atoms with Crippen molar-refractivity contribution >= 4 is 62.3 Å².